The molecule has 1 aromatic heterocycles. The molecule has 1 aromatic carbocycles. The van der Waals surface area contributed by atoms with E-state index in [1.54, 1.807) is 5.51 Å². The van der Waals surface area contributed by atoms with Crippen LogP contribution in [0, 0.1) is 0 Å². The van der Waals surface area contributed by atoms with Crippen molar-refractivity contribution < 1.29 is 5.11 Å². The van der Waals surface area contributed by atoms with E-state index in [0.29, 0.717) is 5.02 Å². The van der Waals surface area contributed by atoms with Crippen molar-refractivity contribution in [2.75, 3.05) is 0 Å². The largest absolute Gasteiger partial charge is 0.391 e. The second-order valence-corrected chi connectivity index (χ2v) is 4.16. The van der Waals surface area contributed by atoms with Crippen molar-refractivity contribution in [2.24, 2.45) is 0 Å². The highest BCUT2D eigenvalue weighted by Gasteiger charge is 2.06. The molecule has 2 rings (SSSR count). The van der Waals surface area contributed by atoms with Gasteiger partial charge in [0.25, 0.3) is 0 Å². The summed E-state index contributed by atoms with van der Waals surface area (Å²) in [5, 5.41) is 9.77. The summed E-state index contributed by atoms with van der Waals surface area (Å²) in [4.78, 5) is 5.08. The monoisotopic (exact) mass is 225 g/mol. The van der Waals surface area contributed by atoms with Gasteiger partial charge in [0.15, 0.2) is 0 Å². The highest BCUT2D eigenvalue weighted by molar-refractivity contribution is 7.10. The molecule has 0 aliphatic carbocycles. The van der Waals surface area contributed by atoms with Crippen LogP contribution < -0.4 is 0 Å². The average molecular weight is 226 g/mol. The third-order valence-electron chi connectivity index (χ3n) is 1.90. The van der Waals surface area contributed by atoms with E-state index in [9.17, 15) is 0 Å². The van der Waals surface area contributed by atoms with Gasteiger partial charge in [-0.05, 0) is 12.1 Å². The lowest BCUT2D eigenvalue weighted by molar-refractivity contribution is 0.286. The fourth-order valence-corrected chi connectivity index (χ4v) is 1.99. The molecule has 0 fully saturated rings. The Labute approximate surface area is 90.8 Å². The molecular weight excluding hydrogens is 218 g/mol. The maximum Gasteiger partial charge on any atom is 0.0866 e. The van der Waals surface area contributed by atoms with Gasteiger partial charge in [-0.1, -0.05) is 23.7 Å². The highest BCUT2D eigenvalue weighted by Crippen LogP contribution is 2.26. The zero-order valence-corrected chi connectivity index (χ0v) is 8.85. The molecule has 2 aromatic rings. The highest BCUT2D eigenvalue weighted by atomic mass is 35.5. The number of aliphatic hydroxyl groups is 1. The van der Waals surface area contributed by atoms with Crippen LogP contribution >= 0.6 is 22.9 Å². The van der Waals surface area contributed by atoms with Gasteiger partial charge in [0.05, 0.1) is 22.7 Å². The minimum absolute atomic E-state index is 0.0304. The van der Waals surface area contributed by atoms with Crippen LogP contribution in [0.1, 0.15) is 4.88 Å². The topological polar surface area (TPSA) is 33.1 Å². The van der Waals surface area contributed by atoms with Crippen LogP contribution in [0.5, 0.6) is 0 Å². The third kappa shape index (κ3) is 1.80. The third-order valence-corrected chi connectivity index (χ3v) is 2.97. The smallest absolute Gasteiger partial charge is 0.0866 e. The Balaban J connectivity index is 2.44. The number of thiazole rings is 1. The average Bonchev–Trinajstić information content (AvgIpc) is 2.67. The molecule has 0 saturated heterocycles. The van der Waals surface area contributed by atoms with Gasteiger partial charge in [-0.3, -0.25) is 0 Å². The summed E-state index contributed by atoms with van der Waals surface area (Å²) >= 11 is 7.23. The van der Waals surface area contributed by atoms with Crippen LogP contribution in [0.2, 0.25) is 5.02 Å². The van der Waals surface area contributed by atoms with Crippen LogP contribution in [-0.2, 0) is 6.61 Å². The number of aliphatic hydroxyl groups excluding tert-OH is 1. The van der Waals surface area contributed by atoms with E-state index in [2.05, 4.69) is 4.98 Å². The number of rotatable bonds is 2. The van der Waals surface area contributed by atoms with Gasteiger partial charge in [-0.15, -0.1) is 11.3 Å². The summed E-state index contributed by atoms with van der Waals surface area (Å²) in [6.07, 6.45) is 0. The van der Waals surface area contributed by atoms with Gasteiger partial charge in [0.1, 0.15) is 0 Å². The summed E-state index contributed by atoms with van der Waals surface area (Å²) in [5.41, 5.74) is 3.56. The number of nitrogens with zero attached hydrogens (tertiary/aromatic N) is 1. The predicted molar refractivity (Wildman–Crippen MR) is 58.5 cm³/mol. The molecule has 0 radical (unpaired) electrons. The number of halogens is 1. The van der Waals surface area contributed by atoms with Crippen molar-refractivity contribution in [3.05, 3.63) is 39.7 Å². The van der Waals surface area contributed by atoms with Crippen molar-refractivity contribution in [3.8, 4) is 11.3 Å². The summed E-state index contributed by atoms with van der Waals surface area (Å²) in [7, 11) is 0. The van der Waals surface area contributed by atoms with Crippen molar-refractivity contribution >= 4 is 22.9 Å². The SMILES string of the molecule is OCc1scnc1-c1ccc(Cl)cc1. The van der Waals surface area contributed by atoms with Gasteiger partial charge < -0.3 is 5.11 Å². The second kappa shape index (κ2) is 4.09. The molecule has 0 amide bonds. The fraction of sp³-hybridized carbons (Fsp3) is 0.100. The molecule has 0 unspecified atom stereocenters. The second-order valence-electron chi connectivity index (χ2n) is 2.79. The maximum atomic E-state index is 9.07. The Morgan fingerprint density at radius 3 is 2.64 bits per heavy atom. The van der Waals surface area contributed by atoms with E-state index in [1.165, 1.54) is 11.3 Å². The quantitative estimate of drug-likeness (QED) is 0.853. The Kier molecular flexibility index (Phi) is 2.82. The molecule has 4 heteroatoms. The first kappa shape index (κ1) is 9.65. The van der Waals surface area contributed by atoms with E-state index in [4.69, 9.17) is 16.7 Å². The van der Waals surface area contributed by atoms with Gasteiger partial charge in [0.2, 0.25) is 0 Å². The summed E-state index contributed by atoms with van der Waals surface area (Å²) in [5.74, 6) is 0. The summed E-state index contributed by atoms with van der Waals surface area (Å²) < 4.78 is 0. The molecule has 0 aliphatic rings. The zero-order valence-electron chi connectivity index (χ0n) is 7.27. The van der Waals surface area contributed by atoms with Crippen LogP contribution in [0.3, 0.4) is 0 Å². The van der Waals surface area contributed by atoms with E-state index in [1.807, 2.05) is 24.3 Å². The number of aromatic nitrogens is 1. The molecule has 0 aliphatic heterocycles. The number of benzene rings is 1. The van der Waals surface area contributed by atoms with Crippen LogP contribution in [-0.4, -0.2) is 10.1 Å². The van der Waals surface area contributed by atoms with Crippen molar-refractivity contribution in [1.29, 1.82) is 0 Å². The van der Waals surface area contributed by atoms with Crippen molar-refractivity contribution in [2.45, 2.75) is 6.61 Å². The first-order chi connectivity index (χ1) is 6.81. The number of hydrogen-bond donors (Lipinski definition) is 1. The Morgan fingerprint density at radius 2 is 2.00 bits per heavy atom. The zero-order chi connectivity index (χ0) is 9.97. The predicted octanol–water partition coefficient (Wildman–Crippen LogP) is 2.96. The number of hydrogen-bond acceptors (Lipinski definition) is 3. The van der Waals surface area contributed by atoms with Crippen LogP contribution in [0.15, 0.2) is 29.8 Å². The molecule has 2 nitrogen and oxygen atoms in total. The summed E-state index contributed by atoms with van der Waals surface area (Å²) in [6.45, 7) is 0.0304. The van der Waals surface area contributed by atoms with E-state index < -0.39 is 0 Å². The molecule has 14 heavy (non-hydrogen) atoms. The Bertz CT molecular complexity index is 424. The Hall–Kier alpha value is -0.900. The molecular formula is C10H8ClNOS. The van der Waals surface area contributed by atoms with Crippen LogP contribution in [0.4, 0.5) is 0 Å². The molecule has 0 bridgehead atoms. The summed E-state index contributed by atoms with van der Waals surface area (Å²) in [6, 6.07) is 7.43. The molecule has 72 valence electrons. The van der Waals surface area contributed by atoms with Crippen molar-refractivity contribution in [3.63, 3.8) is 0 Å². The standard InChI is InChI=1S/C10H8ClNOS/c11-8-3-1-7(2-4-8)10-9(5-13)14-6-12-10/h1-4,6,13H,5H2. The molecule has 1 heterocycles. The van der Waals surface area contributed by atoms with Gasteiger partial charge in [0, 0.05) is 10.6 Å². The Morgan fingerprint density at radius 1 is 1.29 bits per heavy atom. The lowest BCUT2D eigenvalue weighted by Gasteiger charge is -1.99. The fourth-order valence-electron chi connectivity index (χ4n) is 1.23. The molecule has 1 N–H and O–H groups in total. The van der Waals surface area contributed by atoms with E-state index in [-0.39, 0.29) is 6.61 Å². The van der Waals surface area contributed by atoms with E-state index >= 15 is 0 Å². The maximum absolute atomic E-state index is 9.07. The molecule has 0 spiro atoms. The minimum Gasteiger partial charge on any atom is -0.391 e. The normalized spacial score (nSPS) is 10.4. The van der Waals surface area contributed by atoms with E-state index in [0.717, 1.165) is 16.1 Å². The molecule has 0 atom stereocenters. The minimum atomic E-state index is 0.0304. The van der Waals surface area contributed by atoms with Gasteiger partial charge >= 0.3 is 0 Å². The van der Waals surface area contributed by atoms with Crippen molar-refractivity contribution in [1.82, 2.24) is 4.98 Å². The molecule has 0 saturated carbocycles. The lowest BCUT2D eigenvalue weighted by atomic mass is 10.1. The van der Waals surface area contributed by atoms with Gasteiger partial charge in [-0.25, -0.2) is 4.98 Å². The van der Waals surface area contributed by atoms with Crippen LogP contribution in [0.25, 0.3) is 11.3 Å². The first-order valence-electron chi connectivity index (χ1n) is 4.10. The van der Waals surface area contributed by atoms with Gasteiger partial charge in [-0.2, -0.15) is 0 Å². The first-order valence-corrected chi connectivity index (χ1v) is 5.36. The lowest BCUT2D eigenvalue weighted by Crippen LogP contribution is -1.84.